The average molecular weight is 276 g/mol. The van der Waals surface area contributed by atoms with Crippen molar-refractivity contribution in [3.8, 4) is 11.5 Å². The normalized spacial score (nSPS) is 9.90. The molecule has 0 aliphatic rings. The van der Waals surface area contributed by atoms with Gasteiger partial charge in [0.2, 0.25) is 0 Å². The fraction of sp³-hybridized carbons (Fsp3) is 0.0714. The van der Waals surface area contributed by atoms with Crippen molar-refractivity contribution in [3.05, 3.63) is 48.3 Å². The molecular weight excluding hydrogens is 263 g/mol. The van der Waals surface area contributed by atoms with Gasteiger partial charge in [0.1, 0.15) is 17.3 Å². The van der Waals surface area contributed by atoms with Gasteiger partial charge in [-0.2, -0.15) is 0 Å². The Morgan fingerprint density at radius 3 is 2.40 bits per heavy atom. The van der Waals surface area contributed by atoms with E-state index in [0.29, 0.717) is 11.4 Å². The standard InChI is InChI=1S/C14H13FN2O3/c1-20-13-7-9(15)6-11(8-13)17-14(19)16-10-2-4-12(18)5-3-10/h2-8,18H,1H3,(H2,16,17,19). The van der Waals surface area contributed by atoms with Crippen molar-refractivity contribution in [2.75, 3.05) is 17.7 Å². The number of aromatic hydroxyl groups is 1. The maximum atomic E-state index is 13.3. The van der Waals surface area contributed by atoms with E-state index in [1.165, 1.54) is 37.4 Å². The van der Waals surface area contributed by atoms with Gasteiger partial charge in [-0.25, -0.2) is 9.18 Å². The number of methoxy groups -OCH3 is 1. The van der Waals surface area contributed by atoms with Crippen LogP contribution in [0, 0.1) is 5.82 Å². The van der Waals surface area contributed by atoms with Crippen LogP contribution in [0.1, 0.15) is 0 Å². The highest BCUT2D eigenvalue weighted by Crippen LogP contribution is 2.20. The summed E-state index contributed by atoms with van der Waals surface area (Å²) in [6, 6.07) is 9.34. The number of hydrogen-bond donors (Lipinski definition) is 3. The van der Waals surface area contributed by atoms with Crippen LogP contribution in [0.15, 0.2) is 42.5 Å². The first-order chi connectivity index (χ1) is 9.56. The number of halogens is 1. The molecule has 6 heteroatoms. The van der Waals surface area contributed by atoms with E-state index in [9.17, 15) is 9.18 Å². The van der Waals surface area contributed by atoms with Gasteiger partial charge in [0.25, 0.3) is 0 Å². The largest absolute Gasteiger partial charge is 0.508 e. The highest BCUT2D eigenvalue weighted by Gasteiger charge is 2.06. The number of urea groups is 1. The highest BCUT2D eigenvalue weighted by atomic mass is 19.1. The predicted molar refractivity (Wildman–Crippen MR) is 73.7 cm³/mol. The molecule has 0 saturated heterocycles. The van der Waals surface area contributed by atoms with Crippen molar-refractivity contribution in [1.82, 2.24) is 0 Å². The first kappa shape index (κ1) is 13.7. The molecule has 0 aliphatic heterocycles. The van der Waals surface area contributed by atoms with E-state index in [-0.39, 0.29) is 11.4 Å². The maximum Gasteiger partial charge on any atom is 0.323 e. The highest BCUT2D eigenvalue weighted by molar-refractivity contribution is 5.99. The predicted octanol–water partition coefficient (Wildman–Crippen LogP) is 3.18. The Labute approximate surface area is 115 Å². The van der Waals surface area contributed by atoms with Crippen molar-refractivity contribution in [2.24, 2.45) is 0 Å². The van der Waals surface area contributed by atoms with Crippen LogP contribution >= 0.6 is 0 Å². The van der Waals surface area contributed by atoms with E-state index in [1.807, 2.05) is 0 Å². The lowest BCUT2D eigenvalue weighted by Gasteiger charge is -2.09. The number of carbonyl (C=O) groups excluding carboxylic acids is 1. The summed E-state index contributed by atoms with van der Waals surface area (Å²) < 4.78 is 18.2. The molecule has 0 saturated carbocycles. The lowest BCUT2D eigenvalue weighted by Crippen LogP contribution is -2.19. The Bertz CT molecular complexity index is 614. The summed E-state index contributed by atoms with van der Waals surface area (Å²) >= 11 is 0. The number of ether oxygens (including phenoxy) is 1. The van der Waals surface area contributed by atoms with E-state index >= 15 is 0 Å². The third kappa shape index (κ3) is 3.61. The van der Waals surface area contributed by atoms with E-state index < -0.39 is 11.8 Å². The summed E-state index contributed by atoms with van der Waals surface area (Å²) in [5.74, 6) is -0.0972. The second-order valence-electron chi connectivity index (χ2n) is 4.01. The molecule has 3 N–H and O–H groups in total. The van der Waals surface area contributed by atoms with Gasteiger partial charge in [-0.3, -0.25) is 0 Å². The molecule has 2 aromatic carbocycles. The Hall–Kier alpha value is -2.76. The molecule has 0 spiro atoms. The molecular formula is C14H13FN2O3. The van der Waals surface area contributed by atoms with Gasteiger partial charge in [-0.05, 0) is 30.3 Å². The first-order valence-corrected chi connectivity index (χ1v) is 5.78. The van der Waals surface area contributed by atoms with Gasteiger partial charge >= 0.3 is 6.03 Å². The van der Waals surface area contributed by atoms with Gasteiger partial charge < -0.3 is 20.5 Å². The average Bonchev–Trinajstić information content (AvgIpc) is 2.40. The van der Waals surface area contributed by atoms with Crippen molar-refractivity contribution in [3.63, 3.8) is 0 Å². The fourth-order valence-electron chi connectivity index (χ4n) is 1.59. The number of hydrogen-bond acceptors (Lipinski definition) is 3. The molecule has 5 nitrogen and oxygen atoms in total. The number of nitrogens with one attached hydrogen (secondary N) is 2. The second kappa shape index (κ2) is 5.92. The SMILES string of the molecule is COc1cc(F)cc(NC(=O)Nc2ccc(O)cc2)c1. The Balaban J connectivity index is 2.04. The Morgan fingerprint density at radius 1 is 1.10 bits per heavy atom. The number of phenols is 1. The van der Waals surface area contributed by atoms with Crippen LogP contribution in [0.2, 0.25) is 0 Å². The van der Waals surface area contributed by atoms with Crippen LogP contribution in [-0.4, -0.2) is 18.2 Å². The van der Waals surface area contributed by atoms with Crippen LogP contribution in [0.4, 0.5) is 20.6 Å². The minimum atomic E-state index is -0.525. The van der Waals surface area contributed by atoms with E-state index in [4.69, 9.17) is 9.84 Å². The summed E-state index contributed by atoms with van der Waals surface area (Å²) in [7, 11) is 1.41. The molecule has 2 aromatic rings. The van der Waals surface area contributed by atoms with E-state index in [1.54, 1.807) is 12.1 Å². The van der Waals surface area contributed by atoms with Crippen LogP contribution in [-0.2, 0) is 0 Å². The maximum absolute atomic E-state index is 13.3. The molecule has 0 aliphatic carbocycles. The zero-order valence-electron chi connectivity index (χ0n) is 10.7. The zero-order valence-corrected chi connectivity index (χ0v) is 10.7. The third-order valence-corrected chi connectivity index (χ3v) is 2.49. The van der Waals surface area contributed by atoms with Gasteiger partial charge in [0, 0.05) is 23.5 Å². The van der Waals surface area contributed by atoms with Gasteiger partial charge in [0.15, 0.2) is 0 Å². The van der Waals surface area contributed by atoms with E-state index in [0.717, 1.165) is 0 Å². The lowest BCUT2D eigenvalue weighted by molar-refractivity contribution is 0.262. The summed E-state index contributed by atoms with van der Waals surface area (Å²) in [6.45, 7) is 0. The number of amides is 2. The lowest BCUT2D eigenvalue weighted by atomic mass is 10.3. The molecule has 0 bridgehead atoms. The van der Waals surface area contributed by atoms with E-state index in [2.05, 4.69) is 10.6 Å². The fourth-order valence-corrected chi connectivity index (χ4v) is 1.59. The molecule has 0 heterocycles. The summed E-state index contributed by atoms with van der Waals surface area (Å²) in [6.07, 6.45) is 0. The monoisotopic (exact) mass is 276 g/mol. The molecule has 104 valence electrons. The quantitative estimate of drug-likeness (QED) is 0.754. The molecule has 0 radical (unpaired) electrons. The molecule has 2 amide bonds. The van der Waals surface area contributed by atoms with Gasteiger partial charge in [0.05, 0.1) is 7.11 Å². The van der Waals surface area contributed by atoms with Crippen molar-refractivity contribution >= 4 is 17.4 Å². The Morgan fingerprint density at radius 2 is 1.75 bits per heavy atom. The number of rotatable bonds is 3. The minimum Gasteiger partial charge on any atom is -0.508 e. The first-order valence-electron chi connectivity index (χ1n) is 5.78. The van der Waals surface area contributed by atoms with Crippen LogP contribution in [0.25, 0.3) is 0 Å². The summed E-state index contributed by atoms with van der Waals surface area (Å²) in [5, 5.41) is 14.2. The number of anilines is 2. The van der Waals surface area contributed by atoms with Crippen molar-refractivity contribution in [2.45, 2.75) is 0 Å². The molecule has 2 rings (SSSR count). The van der Waals surface area contributed by atoms with Crippen molar-refractivity contribution < 1.29 is 19.0 Å². The van der Waals surface area contributed by atoms with Gasteiger partial charge in [-0.15, -0.1) is 0 Å². The Kier molecular flexibility index (Phi) is 4.05. The molecule has 0 aromatic heterocycles. The topological polar surface area (TPSA) is 70.6 Å². The summed E-state index contributed by atoms with van der Waals surface area (Å²) in [4.78, 5) is 11.7. The number of carbonyl (C=O) groups is 1. The minimum absolute atomic E-state index is 0.103. The van der Waals surface area contributed by atoms with Crippen LogP contribution in [0.3, 0.4) is 0 Å². The van der Waals surface area contributed by atoms with Crippen molar-refractivity contribution in [1.29, 1.82) is 0 Å². The summed E-state index contributed by atoms with van der Waals surface area (Å²) in [5.41, 5.74) is 0.779. The van der Waals surface area contributed by atoms with Gasteiger partial charge in [-0.1, -0.05) is 0 Å². The molecule has 20 heavy (non-hydrogen) atoms. The molecule has 0 fully saturated rings. The third-order valence-electron chi connectivity index (χ3n) is 2.49. The number of benzene rings is 2. The zero-order chi connectivity index (χ0) is 14.5. The molecule has 0 unspecified atom stereocenters. The molecule has 0 atom stereocenters. The second-order valence-corrected chi connectivity index (χ2v) is 4.01. The smallest absolute Gasteiger partial charge is 0.323 e. The van der Waals surface area contributed by atoms with Crippen LogP contribution in [0.5, 0.6) is 11.5 Å². The van der Waals surface area contributed by atoms with Crippen LogP contribution < -0.4 is 15.4 Å². The number of phenolic OH excluding ortho intramolecular Hbond substituents is 1.